The summed E-state index contributed by atoms with van der Waals surface area (Å²) in [5.41, 5.74) is 2.68. The number of ether oxygens (including phenoxy) is 4. The minimum atomic E-state index is -2.04. The van der Waals surface area contributed by atoms with E-state index in [2.05, 4.69) is 15.8 Å². The summed E-state index contributed by atoms with van der Waals surface area (Å²) in [5.74, 6) is -8.34. The van der Waals surface area contributed by atoms with Crippen molar-refractivity contribution in [3.8, 4) is 23.0 Å². The number of Topliss-reactive ketones (excluding diaryl/α,β-unsaturated/α-hetero) is 1. The second-order valence-corrected chi connectivity index (χ2v) is 16.0. The van der Waals surface area contributed by atoms with Crippen molar-refractivity contribution in [2.75, 3.05) is 12.4 Å². The molecule has 1 fully saturated rings. The van der Waals surface area contributed by atoms with E-state index in [1.807, 2.05) is 0 Å². The standard InChI is InChI=1S/C43H57N3O12/c1-20-13-12-14-21(2)42(54)45-33-28(19-44-46-27-15-10-11-16-27)37(51)30-31(38(33)52)36(50)25(6)40-32(30)41(53)43(8,58-40)56-18-17-29(55-9)22(3)39(57-26(7)47)24(5)35(49)23(4)34(20)48/h12-14,17-20,22-24,27,29,34-35,39,46,48-52H,10-11,15-16H2,1-9H3,(H,45,54)/b13-12+,18-17+,21-14-,44-19-. The van der Waals surface area contributed by atoms with Gasteiger partial charge < -0.3 is 55.2 Å². The highest BCUT2D eigenvalue weighted by molar-refractivity contribution is 6.23. The second-order valence-electron chi connectivity index (χ2n) is 16.0. The zero-order chi connectivity index (χ0) is 42.8. The smallest absolute Gasteiger partial charge is 0.312 e. The summed E-state index contributed by atoms with van der Waals surface area (Å²) in [6, 6.07) is 0.0806. The van der Waals surface area contributed by atoms with Gasteiger partial charge in [0.05, 0.1) is 53.0 Å². The fraction of sp³-hybridized carbons (Fsp3) is 0.535. The number of aliphatic hydroxyl groups excluding tert-OH is 2. The van der Waals surface area contributed by atoms with Crippen LogP contribution in [0.5, 0.6) is 23.0 Å². The number of carbonyl (C=O) groups excluding carboxylic acids is 3. The highest BCUT2D eigenvalue weighted by Gasteiger charge is 2.50. The van der Waals surface area contributed by atoms with Crippen molar-refractivity contribution in [1.29, 1.82) is 0 Å². The fourth-order valence-corrected chi connectivity index (χ4v) is 8.13. The Labute approximate surface area is 338 Å². The van der Waals surface area contributed by atoms with Crippen molar-refractivity contribution >= 4 is 40.3 Å². The Morgan fingerprint density at radius 2 is 1.64 bits per heavy atom. The number of hydrazone groups is 1. The van der Waals surface area contributed by atoms with E-state index in [9.17, 15) is 39.9 Å². The average molecular weight is 808 g/mol. The minimum Gasteiger partial charge on any atom is -0.507 e. The molecule has 6 rings (SSSR count). The third-order valence-corrected chi connectivity index (χ3v) is 11.8. The molecule has 4 aliphatic rings. The highest BCUT2D eigenvalue weighted by atomic mass is 16.7. The largest absolute Gasteiger partial charge is 0.507 e. The first-order valence-corrected chi connectivity index (χ1v) is 19.7. The first-order valence-electron chi connectivity index (χ1n) is 19.7. The minimum absolute atomic E-state index is 0.0564. The van der Waals surface area contributed by atoms with Gasteiger partial charge in [0.25, 0.3) is 11.7 Å². The van der Waals surface area contributed by atoms with Crippen LogP contribution >= 0.6 is 0 Å². The van der Waals surface area contributed by atoms with Crippen molar-refractivity contribution in [1.82, 2.24) is 5.43 Å². The van der Waals surface area contributed by atoms with Gasteiger partial charge in [-0.25, -0.2) is 0 Å². The van der Waals surface area contributed by atoms with E-state index in [-0.39, 0.29) is 50.5 Å². The SMILES string of the molecule is COC1/C=C/OC2(C)Oc3c(C)c(O)c4c(O)c(c(/C=N\NC5CCCC5)c(O)c4c3C2=O)NC(=O)/C(C)=C\C=C\C(C)C(O)C(C)C(O)C(C)C(OC(C)=O)C1C. The number of ketones is 1. The summed E-state index contributed by atoms with van der Waals surface area (Å²) in [4.78, 5) is 40.4. The van der Waals surface area contributed by atoms with Gasteiger partial charge in [-0.15, -0.1) is 0 Å². The number of hydrogen-bond donors (Lipinski definition) is 7. The van der Waals surface area contributed by atoms with Crippen molar-refractivity contribution < 1.29 is 58.9 Å². The van der Waals surface area contributed by atoms with Crippen LogP contribution in [0.25, 0.3) is 10.8 Å². The van der Waals surface area contributed by atoms with Crippen LogP contribution in [0.15, 0.2) is 41.2 Å². The number of anilines is 1. The van der Waals surface area contributed by atoms with Crippen LogP contribution in [-0.2, 0) is 23.8 Å². The number of esters is 1. The van der Waals surface area contributed by atoms with E-state index in [1.54, 1.807) is 39.8 Å². The topological polar surface area (TPSA) is 226 Å². The van der Waals surface area contributed by atoms with Crippen molar-refractivity contribution in [3.63, 3.8) is 0 Å². The molecule has 7 N–H and O–H groups in total. The molecule has 3 heterocycles. The first kappa shape index (κ1) is 44.0. The lowest BCUT2D eigenvalue weighted by atomic mass is 9.78. The van der Waals surface area contributed by atoms with Gasteiger partial charge in [-0.05, 0) is 32.8 Å². The predicted molar refractivity (Wildman–Crippen MR) is 217 cm³/mol. The molecule has 2 aromatic rings. The number of hydrogen-bond acceptors (Lipinski definition) is 14. The Morgan fingerprint density at radius 1 is 0.966 bits per heavy atom. The van der Waals surface area contributed by atoms with Crippen molar-refractivity contribution in [2.24, 2.45) is 28.8 Å². The predicted octanol–water partition coefficient (Wildman–Crippen LogP) is 5.62. The number of fused-ring (bicyclic) bond motifs is 14. The molecule has 0 saturated heterocycles. The Balaban J connectivity index is 1.69. The van der Waals surface area contributed by atoms with Crippen LogP contribution in [0, 0.1) is 30.6 Å². The molecule has 58 heavy (non-hydrogen) atoms. The maximum absolute atomic E-state index is 14.4. The monoisotopic (exact) mass is 807 g/mol. The Morgan fingerprint density at radius 3 is 2.28 bits per heavy atom. The summed E-state index contributed by atoms with van der Waals surface area (Å²) in [7, 11) is 1.44. The van der Waals surface area contributed by atoms with Crippen molar-refractivity contribution in [3.05, 3.63) is 52.8 Å². The molecule has 9 unspecified atom stereocenters. The van der Waals surface area contributed by atoms with E-state index in [1.165, 1.54) is 59.4 Å². The molecule has 0 radical (unpaired) electrons. The first-order chi connectivity index (χ1) is 27.3. The molecule has 1 saturated carbocycles. The fourth-order valence-electron chi connectivity index (χ4n) is 8.13. The van der Waals surface area contributed by atoms with Crippen LogP contribution in [0.4, 0.5) is 5.69 Å². The number of rotatable bonds is 5. The maximum Gasteiger partial charge on any atom is 0.312 e. The zero-order valence-electron chi connectivity index (χ0n) is 34.5. The summed E-state index contributed by atoms with van der Waals surface area (Å²) in [5, 5.41) is 64.6. The highest BCUT2D eigenvalue weighted by Crippen LogP contribution is 2.55. The molecular formula is C43H57N3O12. The van der Waals surface area contributed by atoms with Crippen LogP contribution in [-0.4, -0.2) is 92.8 Å². The summed E-state index contributed by atoms with van der Waals surface area (Å²) in [6.45, 7) is 12.5. The number of nitrogens with one attached hydrogen (secondary N) is 2. The van der Waals surface area contributed by atoms with Crippen LogP contribution in [0.3, 0.4) is 0 Å². The zero-order valence-corrected chi connectivity index (χ0v) is 34.5. The molecule has 1 amide bonds. The lowest BCUT2D eigenvalue weighted by Crippen LogP contribution is -2.46. The summed E-state index contributed by atoms with van der Waals surface area (Å²) >= 11 is 0. The Bertz CT molecular complexity index is 2040. The van der Waals surface area contributed by atoms with Crippen LogP contribution in [0.2, 0.25) is 0 Å². The molecular weight excluding hydrogens is 750 g/mol. The van der Waals surface area contributed by atoms with E-state index >= 15 is 0 Å². The van der Waals surface area contributed by atoms with Gasteiger partial charge >= 0.3 is 11.8 Å². The number of phenols is 3. The number of phenolic OH excluding ortho intramolecular Hbond substituents is 3. The molecule has 0 spiro atoms. The molecule has 15 nitrogen and oxygen atoms in total. The molecule has 1 aliphatic carbocycles. The van der Waals surface area contributed by atoms with Crippen LogP contribution in [0.1, 0.15) is 95.6 Å². The number of amides is 1. The van der Waals surface area contributed by atoms with Gasteiger partial charge in [-0.3, -0.25) is 14.4 Å². The molecule has 316 valence electrons. The van der Waals surface area contributed by atoms with E-state index < -0.39 is 88.8 Å². The molecule has 9 atom stereocenters. The number of benzene rings is 2. The van der Waals surface area contributed by atoms with Crippen LogP contribution < -0.4 is 15.5 Å². The van der Waals surface area contributed by atoms with Gasteiger partial charge in [-0.1, -0.05) is 58.8 Å². The van der Waals surface area contributed by atoms with E-state index in [4.69, 9.17) is 18.9 Å². The van der Waals surface area contributed by atoms with Gasteiger partial charge in [0.1, 0.15) is 23.4 Å². The third-order valence-electron chi connectivity index (χ3n) is 11.8. The van der Waals surface area contributed by atoms with E-state index in [0.29, 0.717) is 0 Å². The van der Waals surface area contributed by atoms with Gasteiger partial charge in [-0.2, -0.15) is 5.10 Å². The number of aliphatic hydroxyl groups is 2. The Kier molecular flexibility index (Phi) is 13.5. The molecule has 5 bridgehead atoms. The maximum atomic E-state index is 14.4. The average Bonchev–Trinajstić information content (AvgIpc) is 3.80. The molecule has 0 aromatic heterocycles. The normalized spacial score (nSPS) is 32.1. The molecule has 15 heteroatoms. The summed E-state index contributed by atoms with van der Waals surface area (Å²) < 4.78 is 23.6. The lowest BCUT2D eigenvalue weighted by Gasteiger charge is -2.38. The van der Waals surface area contributed by atoms with E-state index in [0.717, 1.165) is 25.7 Å². The second kappa shape index (κ2) is 17.8. The number of allylic oxidation sites excluding steroid dienone is 2. The lowest BCUT2D eigenvalue weighted by molar-refractivity contribution is -0.160. The quantitative estimate of drug-likeness (QED) is 0.0641. The molecule has 3 aliphatic heterocycles. The number of methoxy groups -OCH3 is 1. The number of nitrogens with zero attached hydrogens (tertiary/aromatic N) is 1. The third kappa shape index (κ3) is 8.52. The van der Waals surface area contributed by atoms with Gasteiger partial charge in [0.2, 0.25) is 0 Å². The number of carbonyl (C=O) groups is 3. The Hall–Kier alpha value is -5.12. The number of aromatic hydroxyl groups is 3. The summed E-state index contributed by atoms with van der Waals surface area (Å²) in [6.07, 6.45) is 8.64. The van der Waals surface area contributed by atoms with Gasteiger partial charge in [0, 0.05) is 67.2 Å². The molecule has 2 aromatic carbocycles. The van der Waals surface area contributed by atoms with Crippen molar-refractivity contribution in [2.45, 2.75) is 117 Å². The van der Waals surface area contributed by atoms with Gasteiger partial charge in [0.15, 0.2) is 5.75 Å².